The highest BCUT2D eigenvalue weighted by Crippen LogP contribution is 2.63. The van der Waals surface area contributed by atoms with Gasteiger partial charge in [0.15, 0.2) is 11.6 Å². The van der Waals surface area contributed by atoms with E-state index in [-0.39, 0.29) is 23.7 Å². The summed E-state index contributed by atoms with van der Waals surface area (Å²) in [7, 11) is 0. The number of carbonyl (C=O) groups excluding carboxylic acids is 1. The summed E-state index contributed by atoms with van der Waals surface area (Å²) in [6, 6.07) is 12.6. The van der Waals surface area contributed by atoms with Crippen LogP contribution < -0.4 is 11.1 Å². The average Bonchev–Trinajstić information content (AvgIpc) is 3.94. The lowest BCUT2D eigenvalue weighted by atomic mass is 9.71. The normalized spacial score (nSPS) is 21.3. The third kappa shape index (κ3) is 4.56. The summed E-state index contributed by atoms with van der Waals surface area (Å²) >= 11 is 1.45. The van der Waals surface area contributed by atoms with Crippen LogP contribution in [-0.4, -0.2) is 37.5 Å². The van der Waals surface area contributed by atoms with Gasteiger partial charge in [0.1, 0.15) is 11.6 Å². The number of aryl methyl sites for hydroxylation is 4. The van der Waals surface area contributed by atoms with Gasteiger partial charge in [-0.25, -0.2) is 28.0 Å². The number of hydrogen-bond donors (Lipinski definition) is 2. The number of nitrogens with one attached hydrogen (secondary N) is 2. The number of rotatable bonds is 7. The lowest BCUT2D eigenvalue weighted by Gasteiger charge is -2.37. The Morgan fingerprint density at radius 2 is 1.80 bits per heavy atom. The number of nitrogens with zero attached hydrogens (tertiary/aromatic N) is 4. The maximum absolute atomic E-state index is 14.4. The van der Waals surface area contributed by atoms with Crippen molar-refractivity contribution >= 4 is 33.1 Å². The molecule has 7 heterocycles. The maximum Gasteiger partial charge on any atom is 0.434 e. The molecule has 2 saturated heterocycles. The molecule has 11 rings (SSSR count). The molecule has 1 amide bonds. The van der Waals surface area contributed by atoms with Gasteiger partial charge in [-0.1, -0.05) is 12.1 Å². The van der Waals surface area contributed by atoms with Crippen LogP contribution in [0.15, 0.2) is 57.7 Å². The Kier molecular flexibility index (Phi) is 6.49. The molecule has 6 aromatic rings. The van der Waals surface area contributed by atoms with E-state index in [0.717, 1.165) is 50.3 Å². The van der Waals surface area contributed by atoms with E-state index in [2.05, 4.69) is 15.5 Å². The number of benzene rings is 2. The van der Waals surface area contributed by atoms with Crippen molar-refractivity contribution in [2.24, 2.45) is 5.92 Å². The van der Waals surface area contributed by atoms with Gasteiger partial charge in [-0.3, -0.25) is 9.78 Å². The van der Waals surface area contributed by atoms with Crippen molar-refractivity contribution in [3.63, 3.8) is 0 Å². The first-order valence-electron chi connectivity index (χ1n) is 17.0. The van der Waals surface area contributed by atoms with Crippen molar-refractivity contribution in [3.05, 3.63) is 116 Å². The number of anilines is 1. The average molecular weight is 707 g/mol. The van der Waals surface area contributed by atoms with Gasteiger partial charge in [0, 0.05) is 22.7 Å². The first-order valence-corrected chi connectivity index (χ1v) is 17.8. The van der Waals surface area contributed by atoms with E-state index in [4.69, 9.17) is 14.4 Å². The van der Waals surface area contributed by atoms with Crippen LogP contribution >= 0.6 is 11.3 Å². The molecule has 5 aliphatic rings. The molecule has 51 heavy (non-hydrogen) atoms. The number of aromatic amines is 1. The summed E-state index contributed by atoms with van der Waals surface area (Å²) in [4.78, 5) is 39.6. The minimum Gasteiger partial charge on any atom is -0.388 e. The van der Waals surface area contributed by atoms with Crippen molar-refractivity contribution in [1.29, 1.82) is 0 Å². The number of fused-ring (bicyclic) bond motifs is 3. The monoisotopic (exact) mass is 706 g/mol. The van der Waals surface area contributed by atoms with E-state index < -0.39 is 22.9 Å². The summed E-state index contributed by atoms with van der Waals surface area (Å²) in [6.45, 7) is 2.56. The third-order valence-electron chi connectivity index (χ3n) is 11.0. The molecule has 256 valence electrons. The van der Waals surface area contributed by atoms with Crippen LogP contribution in [0, 0.1) is 30.3 Å². The lowest BCUT2D eigenvalue weighted by molar-refractivity contribution is 0.0637. The second kappa shape index (κ2) is 10.8. The Hall–Kier alpha value is -5.30. The molecule has 3 fully saturated rings. The summed E-state index contributed by atoms with van der Waals surface area (Å²) < 4.78 is 48.5. The Morgan fingerprint density at radius 1 is 1.00 bits per heavy atom. The quantitative estimate of drug-likeness (QED) is 0.178. The predicted molar refractivity (Wildman–Crippen MR) is 184 cm³/mol. The third-order valence-corrected chi connectivity index (χ3v) is 12.2. The summed E-state index contributed by atoms with van der Waals surface area (Å²) in [5, 5.41) is 11.0. The van der Waals surface area contributed by atoms with Crippen LogP contribution in [0.25, 0.3) is 32.0 Å². The largest absolute Gasteiger partial charge is 0.434 e. The van der Waals surface area contributed by atoms with Crippen molar-refractivity contribution < 1.29 is 22.4 Å². The van der Waals surface area contributed by atoms with E-state index >= 15 is 0 Å². The Balaban J connectivity index is 1.16. The highest BCUT2D eigenvalue weighted by atomic mass is 32.1. The zero-order valence-corrected chi connectivity index (χ0v) is 28.1. The molecule has 2 aliphatic carbocycles. The van der Waals surface area contributed by atoms with Crippen LogP contribution in [0.3, 0.4) is 0 Å². The topological polar surface area (TPSA) is 117 Å². The van der Waals surface area contributed by atoms with Crippen molar-refractivity contribution in [1.82, 2.24) is 25.1 Å². The fourth-order valence-corrected chi connectivity index (χ4v) is 9.97. The van der Waals surface area contributed by atoms with Crippen LogP contribution in [0.4, 0.5) is 19.0 Å². The van der Waals surface area contributed by atoms with Crippen LogP contribution in [-0.2, 0) is 24.8 Å². The van der Waals surface area contributed by atoms with Gasteiger partial charge in [0.25, 0.3) is 11.8 Å². The highest BCUT2D eigenvalue weighted by Gasteiger charge is 2.65. The molecule has 1 atom stereocenters. The summed E-state index contributed by atoms with van der Waals surface area (Å²) in [5.74, 6) is -1.82. The Morgan fingerprint density at radius 3 is 2.59 bits per heavy atom. The molecule has 13 heteroatoms. The molecule has 0 unspecified atom stereocenters. The van der Waals surface area contributed by atoms with Crippen molar-refractivity contribution in [2.45, 2.75) is 57.0 Å². The molecule has 4 aromatic heterocycles. The van der Waals surface area contributed by atoms with E-state index in [9.17, 15) is 22.8 Å². The lowest BCUT2D eigenvalue weighted by Crippen LogP contribution is -2.40. The molecule has 0 radical (unpaired) electrons. The van der Waals surface area contributed by atoms with Gasteiger partial charge in [0.2, 0.25) is 0 Å². The second-order valence-corrected chi connectivity index (χ2v) is 15.2. The molecule has 2 aromatic carbocycles. The van der Waals surface area contributed by atoms with Gasteiger partial charge in [-0.15, -0.1) is 16.4 Å². The SMILES string of the molecule is Cc1cc2cc(-c3c4c(nc(CCc5ccc(F)cc5)c3-c3n[nH]c(=O)o3)C35CC(CN3C4=O)C5)sc2c(N[C@H]2CCc3cc(F)c(F)cc32)n1. The number of pyridine rings is 2. The molecular formula is C38H29F3N6O3S. The summed E-state index contributed by atoms with van der Waals surface area (Å²) in [5.41, 5.74) is 5.61. The smallest absolute Gasteiger partial charge is 0.388 e. The summed E-state index contributed by atoms with van der Waals surface area (Å²) in [6.07, 6.45) is 3.91. The first-order chi connectivity index (χ1) is 24.6. The number of aromatic nitrogens is 4. The number of halogens is 3. The number of amides is 1. The van der Waals surface area contributed by atoms with Gasteiger partial charge < -0.3 is 14.6 Å². The molecular weight excluding hydrogens is 678 g/mol. The van der Waals surface area contributed by atoms with Crippen molar-refractivity contribution in [3.8, 4) is 21.9 Å². The first kappa shape index (κ1) is 30.5. The van der Waals surface area contributed by atoms with Crippen LogP contribution in [0.1, 0.15) is 69.4 Å². The Labute approximate surface area is 292 Å². The fraction of sp³-hybridized carbons (Fsp3) is 0.289. The maximum atomic E-state index is 14.4. The minimum atomic E-state index is -0.884. The van der Waals surface area contributed by atoms with Crippen molar-refractivity contribution in [2.75, 3.05) is 11.9 Å². The van der Waals surface area contributed by atoms with E-state index in [1.807, 2.05) is 24.0 Å². The van der Waals surface area contributed by atoms with Crippen LogP contribution in [0.5, 0.6) is 0 Å². The standard InChI is InChI=1S/C38H29F3N6O3S/c1-17-10-21-12-28(51-32(21)34(42-17)44-26-9-5-20-11-24(40)25(41)13-23(20)26)30-29(35-45-46-37(49)50-35)27(8-4-18-2-6-22(39)7-3-18)43-33-31(30)36(48)47-16-19-14-38(33,47)15-19/h2-3,6-7,10-13,19,26H,4-5,8-9,14-16H2,1H3,(H,42,44)(H,46,49)/t19?,26-,38?/m0/s1. The van der Waals surface area contributed by atoms with E-state index in [1.54, 1.807) is 12.1 Å². The number of H-pyrrole nitrogens is 1. The molecule has 9 nitrogen and oxygen atoms in total. The minimum absolute atomic E-state index is 0.0326. The van der Waals surface area contributed by atoms with Gasteiger partial charge in [-0.05, 0) is 110 Å². The zero-order valence-electron chi connectivity index (χ0n) is 27.3. The predicted octanol–water partition coefficient (Wildman–Crippen LogP) is 7.39. The van der Waals surface area contributed by atoms with Gasteiger partial charge in [0.05, 0.1) is 38.8 Å². The molecule has 1 saturated carbocycles. The van der Waals surface area contributed by atoms with Gasteiger partial charge >= 0.3 is 5.76 Å². The molecule has 1 spiro atoms. The van der Waals surface area contributed by atoms with E-state index in [1.165, 1.54) is 35.6 Å². The van der Waals surface area contributed by atoms with E-state index in [0.29, 0.717) is 71.9 Å². The number of hydrogen-bond acceptors (Lipinski definition) is 8. The zero-order chi connectivity index (χ0) is 34.8. The molecule has 3 aliphatic heterocycles. The Bertz CT molecular complexity index is 2520. The molecule has 2 bridgehead atoms. The number of thiophene rings is 1. The highest BCUT2D eigenvalue weighted by molar-refractivity contribution is 7.23. The van der Waals surface area contributed by atoms with Gasteiger partial charge in [-0.2, -0.15) is 0 Å². The number of carbonyl (C=O) groups is 1. The molecule has 2 N–H and O–H groups in total. The second-order valence-electron chi connectivity index (χ2n) is 14.1. The fourth-order valence-electron chi connectivity index (χ4n) is 8.82. The van der Waals surface area contributed by atoms with Crippen LogP contribution in [0.2, 0.25) is 0 Å².